The number of fused-ring (bicyclic) bond motifs is 1. The number of rotatable bonds is 2. The van der Waals surface area contributed by atoms with Gasteiger partial charge in [0.2, 0.25) is 0 Å². The Hall–Kier alpha value is -1.72. The summed E-state index contributed by atoms with van der Waals surface area (Å²) in [6.45, 7) is 3.67. The molecule has 0 aliphatic heterocycles. The second-order valence-electron chi connectivity index (χ2n) is 4.37. The van der Waals surface area contributed by atoms with Gasteiger partial charge in [-0.2, -0.15) is 0 Å². The highest BCUT2D eigenvalue weighted by Gasteiger charge is 2.01. The van der Waals surface area contributed by atoms with Crippen molar-refractivity contribution < 1.29 is 4.79 Å². The lowest BCUT2D eigenvalue weighted by Crippen LogP contribution is -1.86. The van der Waals surface area contributed by atoms with E-state index in [-0.39, 0.29) is 5.12 Å². The molecule has 0 unspecified atom stereocenters. The van der Waals surface area contributed by atoms with Gasteiger partial charge in [0.15, 0.2) is 5.12 Å². The highest BCUT2D eigenvalue weighted by molar-refractivity contribution is 8.13. The molecule has 2 aromatic carbocycles. The van der Waals surface area contributed by atoms with E-state index in [0.717, 1.165) is 17.7 Å². The van der Waals surface area contributed by atoms with Crippen molar-refractivity contribution in [3.8, 4) is 11.8 Å². The van der Waals surface area contributed by atoms with E-state index in [9.17, 15) is 4.79 Å². The van der Waals surface area contributed by atoms with Crippen LogP contribution in [0.2, 0.25) is 0 Å². The van der Waals surface area contributed by atoms with E-state index in [1.165, 1.54) is 28.1 Å². The summed E-state index contributed by atoms with van der Waals surface area (Å²) in [5, 5.41) is 2.58. The van der Waals surface area contributed by atoms with E-state index in [4.69, 9.17) is 0 Å². The predicted molar refractivity (Wildman–Crippen MR) is 83.3 cm³/mol. The Morgan fingerprint density at radius 1 is 1.21 bits per heavy atom. The molecule has 0 aliphatic carbocycles. The molecule has 0 aromatic heterocycles. The van der Waals surface area contributed by atoms with Crippen LogP contribution in [-0.2, 0) is 4.79 Å². The Morgan fingerprint density at radius 2 is 2.00 bits per heavy atom. The molecule has 0 atom stereocenters. The number of thioether (sulfide) groups is 1. The van der Waals surface area contributed by atoms with E-state index in [1.54, 1.807) is 6.92 Å². The highest BCUT2D eigenvalue weighted by atomic mass is 32.2. The molecule has 2 rings (SSSR count). The summed E-state index contributed by atoms with van der Waals surface area (Å²) in [7, 11) is 0. The smallest absolute Gasteiger partial charge is 0.185 e. The van der Waals surface area contributed by atoms with Gasteiger partial charge in [0.25, 0.3) is 0 Å². The molecule has 2 aromatic rings. The fourth-order valence-electron chi connectivity index (χ4n) is 1.94. The molecule has 0 amide bonds. The van der Waals surface area contributed by atoms with E-state index in [2.05, 4.69) is 43.0 Å². The lowest BCUT2D eigenvalue weighted by Gasteiger charge is -2.04. The van der Waals surface area contributed by atoms with Crippen LogP contribution in [0.3, 0.4) is 0 Å². The van der Waals surface area contributed by atoms with Crippen molar-refractivity contribution in [1.29, 1.82) is 0 Å². The van der Waals surface area contributed by atoms with Crippen molar-refractivity contribution in [2.24, 2.45) is 0 Å². The zero-order chi connectivity index (χ0) is 13.7. The van der Waals surface area contributed by atoms with Crippen molar-refractivity contribution in [3.63, 3.8) is 0 Å². The normalized spacial score (nSPS) is 10.0. The van der Waals surface area contributed by atoms with Crippen LogP contribution in [0.1, 0.15) is 24.5 Å². The van der Waals surface area contributed by atoms with Gasteiger partial charge in [-0.15, -0.1) is 0 Å². The third-order valence-corrected chi connectivity index (χ3v) is 3.70. The molecular weight excluding hydrogens is 252 g/mol. The summed E-state index contributed by atoms with van der Waals surface area (Å²) in [6.07, 6.45) is 0.743. The molecule has 0 saturated carbocycles. The standard InChI is InChI=1S/C17H16OS/c1-13-10-11-15-7-3-4-9-17(15)16(13)8-5-6-12-19-14(2)18/h3-4,7,9-11H,6,12H2,1-2H3. The number of carbonyl (C=O) groups excluding carboxylic acids is 1. The van der Waals surface area contributed by atoms with Crippen LogP contribution in [0, 0.1) is 18.8 Å². The number of aryl methyl sites for hydroxylation is 1. The fourth-order valence-corrected chi connectivity index (χ4v) is 2.43. The minimum atomic E-state index is 0.156. The molecule has 0 fully saturated rings. The summed E-state index contributed by atoms with van der Waals surface area (Å²) in [5.41, 5.74) is 2.30. The summed E-state index contributed by atoms with van der Waals surface area (Å²) in [4.78, 5) is 10.8. The van der Waals surface area contributed by atoms with Crippen LogP contribution in [0.25, 0.3) is 10.8 Å². The molecule has 19 heavy (non-hydrogen) atoms. The maximum Gasteiger partial charge on any atom is 0.185 e. The average Bonchev–Trinajstić information content (AvgIpc) is 2.40. The van der Waals surface area contributed by atoms with E-state index < -0.39 is 0 Å². The molecule has 0 bridgehead atoms. The quantitative estimate of drug-likeness (QED) is 0.600. The van der Waals surface area contributed by atoms with E-state index in [1.807, 2.05) is 12.1 Å². The number of carbonyl (C=O) groups is 1. The van der Waals surface area contributed by atoms with Gasteiger partial charge in [0.1, 0.15) is 0 Å². The van der Waals surface area contributed by atoms with Gasteiger partial charge in [-0.3, -0.25) is 4.79 Å². The van der Waals surface area contributed by atoms with Crippen LogP contribution in [0.4, 0.5) is 0 Å². The van der Waals surface area contributed by atoms with Crippen LogP contribution in [0.5, 0.6) is 0 Å². The molecular formula is C17H16OS. The maximum atomic E-state index is 10.8. The Balaban J connectivity index is 2.22. The molecule has 0 heterocycles. The minimum Gasteiger partial charge on any atom is -0.288 e. The maximum absolute atomic E-state index is 10.8. The lowest BCUT2D eigenvalue weighted by atomic mass is 10.00. The van der Waals surface area contributed by atoms with Crippen molar-refractivity contribution in [2.45, 2.75) is 20.3 Å². The lowest BCUT2D eigenvalue weighted by molar-refractivity contribution is -0.109. The topological polar surface area (TPSA) is 17.1 Å². The molecule has 0 saturated heterocycles. The number of benzene rings is 2. The first-order chi connectivity index (χ1) is 9.18. The Bertz CT molecular complexity index is 662. The molecule has 1 nitrogen and oxygen atoms in total. The van der Waals surface area contributed by atoms with Crippen molar-refractivity contribution >= 4 is 27.6 Å². The van der Waals surface area contributed by atoms with Gasteiger partial charge in [-0.1, -0.05) is 60.0 Å². The fraction of sp³-hybridized carbons (Fsp3) is 0.235. The zero-order valence-electron chi connectivity index (χ0n) is 11.2. The largest absolute Gasteiger partial charge is 0.288 e. The van der Waals surface area contributed by atoms with Crippen LogP contribution < -0.4 is 0 Å². The molecule has 0 aliphatic rings. The Morgan fingerprint density at radius 3 is 2.79 bits per heavy atom. The summed E-state index contributed by atoms with van der Waals surface area (Å²) < 4.78 is 0. The van der Waals surface area contributed by atoms with Gasteiger partial charge in [0, 0.05) is 24.7 Å². The second kappa shape index (κ2) is 6.45. The third-order valence-electron chi connectivity index (χ3n) is 2.88. The van der Waals surface area contributed by atoms with Crippen molar-refractivity contribution in [3.05, 3.63) is 47.5 Å². The van der Waals surface area contributed by atoms with Gasteiger partial charge >= 0.3 is 0 Å². The first kappa shape index (κ1) is 13.7. The van der Waals surface area contributed by atoms with Gasteiger partial charge < -0.3 is 0 Å². The summed E-state index contributed by atoms with van der Waals surface area (Å²) in [6, 6.07) is 12.5. The molecule has 0 N–H and O–H groups in total. The Labute approximate surface area is 118 Å². The van der Waals surface area contributed by atoms with Gasteiger partial charge in [0.05, 0.1) is 0 Å². The van der Waals surface area contributed by atoms with E-state index >= 15 is 0 Å². The van der Waals surface area contributed by atoms with Gasteiger partial charge in [-0.25, -0.2) is 0 Å². The number of hydrogen-bond acceptors (Lipinski definition) is 2. The summed E-state index contributed by atoms with van der Waals surface area (Å²) >= 11 is 1.33. The SMILES string of the molecule is CC(=O)SCCC#Cc1c(C)ccc2ccccc12. The zero-order valence-corrected chi connectivity index (χ0v) is 12.0. The third kappa shape index (κ3) is 3.62. The second-order valence-corrected chi connectivity index (χ2v) is 5.64. The van der Waals surface area contributed by atoms with E-state index in [0.29, 0.717) is 0 Å². The van der Waals surface area contributed by atoms with Crippen LogP contribution >= 0.6 is 11.8 Å². The monoisotopic (exact) mass is 268 g/mol. The van der Waals surface area contributed by atoms with Crippen molar-refractivity contribution in [2.75, 3.05) is 5.75 Å². The Kier molecular flexibility index (Phi) is 4.65. The first-order valence-electron chi connectivity index (χ1n) is 6.29. The first-order valence-corrected chi connectivity index (χ1v) is 7.27. The molecule has 2 heteroatoms. The number of hydrogen-bond donors (Lipinski definition) is 0. The highest BCUT2D eigenvalue weighted by Crippen LogP contribution is 2.21. The molecule has 0 spiro atoms. The summed E-state index contributed by atoms with van der Waals surface area (Å²) in [5.74, 6) is 7.19. The predicted octanol–water partition coefficient (Wildman–Crippen LogP) is 4.17. The van der Waals surface area contributed by atoms with Gasteiger partial charge in [-0.05, 0) is 23.3 Å². The minimum absolute atomic E-state index is 0.156. The average molecular weight is 268 g/mol. The molecule has 96 valence electrons. The van der Waals surface area contributed by atoms with Crippen molar-refractivity contribution in [1.82, 2.24) is 0 Å². The molecule has 0 radical (unpaired) electrons. The van der Waals surface area contributed by atoms with Crippen LogP contribution in [0.15, 0.2) is 36.4 Å². The van der Waals surface area contributed by atoms with Crippen LogP contribution in [-0.4, -0.2) is 10.9 Å².